The number of benzene rings is 1. The maximum atomic E-state index is 5.19. The van der Waals surface area contributed by atoms with Crippen LogP contribution < -0.4 is 15.4 Å². The highest BCUT2D eigenvalue weighted by Gasteiger charge is 2.14. The van der Waals surface area contributed by atoms with Crippen LogP contribution in [0, 0.1) is 0 Å². The molecule has 1 aromatic carbocycles. The van der Waals surface area contributed by atoms with Gasteiger partial charge in [-0.15, -0.1) is 0 Å². The van der Waals surface area contributed by atoms with Crippen molar-refractivity contribution < 1.29 is 4.74 Å². The number of nitrogens with one attached hydrogen (secondary N) is 1. The average Bonchev–Trinajstić information content (AvgIpc) is 2.30. The van der Waals surface area contributed by atoms with Gasteiger partial charge in [-0.2, -0.15) is 0 Å². The molecule has 0 spiro atoms. The summed E-state index contributed by atoms with van der Waals surface area (Å²) in [5, 5.41) is 7.82. The molecular formula is C11H15N2O. The normalized spacial score (nSPS) is 21.9. The number of nitrogens with zero attached hydrogens (tertiary/aromatic N) is 1. The lowest BCUT2D eigenvalue weighted by Gasteiger charge is -2.23. The molecule has 0 bridgehead atoms. The topological polar surface area (TPSA) is 35.4 Å². The number of hydrogen-bond donors (Lipinski definition) is 1. The predicted octanol–water partition coefficient (Wildman–Crippen LogP) is 0.944. The third kappa shape index (κ3) is 2.05. The van der Waals surface area contributed by atoms with Gasteiger partial charge < -0.3 is 10.1 Å². The molecule has 0 unspecified atom stereocenters. The Bertz CT molecular complexity index is 295. The van der Waals surface area contributed by atoms with Crippen molar-refractivity contribution in [3.63, 3.8) is 0 Å². The first-order valence-electron chi connectivity index (χ1n) is 4.91. The number of piperazine rings is 1. The van der Waals surface area contributed by atoms with E-state index in [0.29, 0.717) is 6.04 Å². The van der Waals surface area contributed by atoms with E-state index in [1.807, 2.05) is 12.1 Å². The Kier molecular flexibility index (Phi) is 3.01. The van der Waals surface area contributed by atoms with Gasteiger partial charge in [0, 0.05) is 25.7 Å². The van der Waals surface area contributed by atoms with Gasteiger partial charge in [-0.3, -0.25) is 0 Å². The Morgan fingerprint density at radius 3 is 3.14 bits per heavy atom. The van der Waals surface area contributed by atoms with Crippen LogP contribution in [-0.4, -0.2) is 26.7 Å². The van der Waals surface area contributed by atoms with Crippen molar-refractivity contribution >= 4 is 0 Å². The summed E-state index contributed by atoms with van der Waals surface area (Å²) >= 11 is 0. The molecule has 1 aliphatic heterocycles. The Balaban J connectivity index is 2.13. The van der Waals surface area contributed by atoms with Crippen LogP contribution in [0.4, 0.5) is 0 Å². The SMILES string of the molecule is COc1cccc([C@H]2C[N]CCN2)c1. The first kappa shape index (κ1) is 9.49. The summed E-state index contributed by atoms with van der Waals surface area (Å²) < 4.78 is 5.19. The molecule has 1 aliphatic rings. The number of hydrogen-bond acceptors (Lipinski definition) is 2. The molecule has 1 saturated heterocycles. The standard InChI is InChI=1S/C11H15N2O/c1-14-10-4-2-3-9(7-10)11-8-12-5-6-13-11/h2-4,7,11,13H,5-6,8H2,1H3/t11-/m1/s1. The van der Waals surface area contributed by atoms with Gasteiger partial charge >= 0.3 is 0 Å². The summed E-state index contributed by atoms with van der Waals surface area (Å²) in [5.41, 5.74) is 1.26. The minimum Gasteiger partial charge on any atom is -0.497 e. The van der Waals surface area contributed by atoms with Crippen LogP contribution in [0.3, 0.4) is 0 Å². The first-order chi connectivity index (χ1) is 6.90. The summed E-state index contributed by atoms with van der Waals surface area (Å²) in [6, 6.07) is 8.52. The van der Waals surface area contributed by atoms with Crippen LogP contribution in [0.5, 0.6) is 5.75 Å². The molecule has 1 atom stereocenters. The fourth-order valence-electron chi connectivity index (χ4n) is 1.68. The second kappa shape index (κ2) is 4.44. The van der Waals surface area contributed by atoms with Crippen LogP contribution >= 0.6 is 0 Å². The Morgan fingerprint density at radius 2 is 2.43 bits per heavy atom. The molecule has 14 heavy (non-hydrogen) atoms. The van der Waals surface area contributed by atoms with Gasteiger partial charge in [-0.1, -0.05) is 12.1 Å². The third-order valence-electron chi connectivity index (χ3n) is 2.47. The summed E-state index contributed by atoms with van der Waals surface area (Å²) in [7, 11) is 1.69. The first-order valence-corrected chi connectivity index (χ1v) is 4.91. The van der Waals surface area contributed by atoms with Gasteiger partial charge in [0.1, 0.15) is 5.75 Å². The van der Waals surface area contributed by atoms with Gasteiger partial charge in [-0.25, -0.2) is 5.32 Å². The van der Waals surface area contributed by atoms with Crippen LogP contribution in [-0.2, 0) is 0 Å². The minimum absolute atomic E-state index is 0.360. The Morgan fingerprint density at radius 1 is 1.50 bits per heavy atom. The molecule has 3 nitrogen and oxygen atoms in total. The minimum atomic E-state index is 0.360. The van der Waals surface area contributed by atoms with E-state index >= 15 is 0 Å². The van der Waals surface area contributed by atoms with Crippen molar-refractivity contribution in [1.29, 1.82) is 0 Å². The second-order valence-electron chi connectivity index (χ2n) is 3.41. The van der Waals surface area contributed by atoms with Crippen LogP contribution in [0.2, 0.25) is 0 Å². The molecule has 0 amide bonds. The molecule has 0 aliphatic carbocycles. The van der Waals surface area contributed by atoms with E-state index in [1.165, 1.54) is 5.56 Å². The Hall–Kier alpha value is -1.06. The number of rotatable bonds is 2. The molecule has 3 heteroatoms. The fourth-order valence-corrected chi connectivity index (χ4v) is 1.68. The van der Waals surface area contributed by atoms with Crippen LogP contribution in [0.1, 0.15) is 11.6 Å². The van der Waals surface area contributed by atoms with Crippen molar-refractivity contribution in [2.45, 2.75) is 6.04 Å². The van der Waals surface area contributed by atoms with E-state index in [2.05, 4.69) is 22.8 Å². The highest BCUT2D eigenvalue weighted by Crippen LogP contribution is 2.19. The molecule has 0 saturated carbocycles. The number of methoxy groups -OCH3 is 1. The highest BCUT2D eigenvalue weighted by molar-refractivity contribution is 5.30. The molecule has 1 N–H and O–H groups in total. The largest absolute Gasteiger partial charge is 0.497 e. The van der Waals surface area contributed by atoms with Crippen molar-refractivity contribution in [1.82, 2.24) is 10.6 Å². The maximum absolute atomic E-state index is 5.19. The van der Waals surface area contributed by atoms with E-state index in [0.717, 1.165) is 25.4 Å². The summed E-state index contributed by atoms with van der Waals surface area (Å²) in [5.74, 6) is 0.912. The lowest BCUT2D eigenvalue weighted by atomic mass is 10.1. The fraction of sp³-hybridized carbons (Fsp3) is 0.455. The van der Waals surface area contributed by atoms with Crippen LogP contribution in [0.25, 0.3) is 0 Å². The zero-order chi connectivity index (χ0) is 9.80. The van der Waals surface area contributed by atoms with E-state index in [-0.39, 0.29) is 0 Å². The average molecular weight is 191 g/mol. The van der Waals surface area contributed by atoms with Gasteiger partial charge in [-0.05, 0) is 17.7 Å². The highest BCUT2D eigenvalue weighted by atomic mass is 16.5. The van der Waals surface area contributed by atoms with Crippen molar-refractivity contribution in [2.75, 3.05) is 26.7 Å². The Labute approximate surface area is 84.5 Å². The van der Waals surface area contributed by atoms with Gasteiger partial charge in [0.2, 0.25) is 0 Å². The molecule has 1 heterocycles. The van der Waals surface area contributed by atoms with E-state index in [4.69, 9.17) is 4.74 Å². The van der Waals surface area contributed by atoms with Crippen molar-refractivity contribution in [2.24, 2.45) is 0 Å². The third-order valence-corrected chi connectivity index (χ3v) is 2.47. The van der Waals surface area contributed by atoms with E-state index in [9.17, 15) is 0 Å². The molecular weight excluding hydrogens is 176 g/mol. The maximum Gasteiger partial charge on any atom is 0.119 e. The lowest BCUT2D eigenvalue weighted by Crippen LogP contribution is -2.38. The smallest absolute Gasteiger partial charge is 0.119 e. The molecule has 1 radical (unpaired) electrons. The lowest BCUT2D eigenvalue weighted by molar-refractivity contribution is 0.405. The summed E-state index contributed by atoms with van der Waals surface area (Å²) in [4.78, 5) is 0. The molecule has 1 fully saturated rings. The van der Waals surface area contributed by atoms with Crippen molar-refractivity contribution in [3.05, 3.63) is 29.8 Å². The zero-order valence-corrected chi connectivity index (χ0v) is 8.36. The molecule has 75 valence electrons. The van der Waals surface area contributed by atoms with Gasteiger partial charge in [0.05, 0.1) is 7.11 Å². The van der Waals surface area contributed by atoms with Crippen molar-refractivity contribution in [3.8, 4) is 5.75 Å². The van der Waals surface area contributed by atoms with Gasteiger partial charge in [0.15, 0.2) is 0 Å². The molecule has 2 rings (SSSR count). The summed E-state index contributed by atoms with van der Waals surface area (Å²) in [6.07, 6.45) is 0. The predicted molar refractivity (Wildman–Crippen MR) is 55.6 cm³/mol. The van der Waals surface area contributed by atoms with Gasteiger partial charge in [0.25, 0.3) is 0 Å². The molecule has 1 aromatic rings. The number of ether oxygens (including phenoxy) is 1. The zero-order valence-electron chi connectivity index (χ0n) is 8.36. The van der Waals surface area contributed by atoms with Crippen LogP contribution in [0.15, 0.2) is 24.3 Å². The quantitative estimate of drug-likeness (QED) is 0.755. The molecule has 0 aromatic heterocycles. The van der Waals surface area contributed by atoms with E-state index in [1.54, 1.807) is 7.11 Å². The monoisotopic (exact) mass is 191 g/mol. The van der Waals surface area contributed by atoms with E-state index < -0.39 is 0 Å². The second-order valence-corrected chi connectivity index (χ2v) is 3.41. The summed E-state index contributed by atoms with van der Waals surface area (Å²) in [6.45, 7) is 2.77.